The Balaban J connectivity index is 1.28. The number of hydrogen-bond acceptors (Lipinski definition) is 4. The second-order valence-corrected chi connectivity index (χ2v) is 8.12. The average Bonchev–Trinajstić information content (AvgIpc) is 3.43. The summed E-state index contributed by atoms with van der Waals surface area (Å²) >= 11 is 0. The first-order valence-corrected chi connectivity index (χ1v) is 10.9. The Kier molecular flexibility index (Phi) is 6.77. The van der Waals surface area contributed by atoms with E-state index in [2.05, 4.69) is 16.9 Å². The van der Waals surface area contributed by atoms with Crippen LogP contribution in [-0.4, -0.2) is 46.2 Å². The molecule has 5 nitrogen and oxygen atoms in total. The lowest BCUT2D eigenvalue weighted by atomic mass is 10.1. The van der Waals surface area contributed by atoms with Crippen molar-refractivity contribution in [3.63, 3.8) is 0 Å². The van der Waals surface area contributed by atoms with E-state index in [0.29, 0.717) is 18.2 Å². The maximum absolute atomic E-state index is 13.0. The van der Waals surface area contributed by atoms with E-state index >= 15 is 0 Å². The second-order valence-electron chi connectivity index (χ2n) is 8.12. The van der Waals surface area contributed by atoms with Crippen LogP contribution >= 0.6 is 0 Å². The molecular weight excluding hydrogens is 393 g/mol. The molecule has 4 rings (SSSR count). The summed E-state index contributed by atoms with van der Waals surface area (Å²) in [5, 5.41) is 4.31. The molecule has 1 unspecified atom stereocenters. The van der Waals surface area contributed by atoms with Gasteiger partial charge in [-0.1, -0.05) is 12.1 Å². The number of hydrogen-bond donors (Lipinski definition) is 0. The summed E-state index contributed by atoms with van der Waals surface area (Å²) in [6, 6.07) is 14.4. The van der Waals surface area contributed by atoms with Crippen molar-refractivity contribution in [1.82, 2.24) is 14.7 Å². The molecule has 2 aromatic carbocycles. The molecule has 3 aromatic rings. The van der Waals surface area contributed by atoms with Crippen molar-refractivity contribution in [2.45, 2.75) is 38.6 Å². The third-order valence-electron chi connectivity index (χ3n) is 5.83. The molecule has 2 heterocycles. The van der Waals surface area contributed by atoms with Crippen LogP contribution in [0.25, 0.3) is 5.69 Å². The summed E-state index contributed by atoms with van der Waals surface area (Å²) in [6.45, 7) is 5.28. The highest BCUT2D eigenvalue weighted by Crippen LogP contribution is 2.18. The number of carbonyl (C=O) groups excluding carboxylic acids is 1. The summed E-state index contributed by atoms with van der Waals surface area (Å²) < 4.78 is 20.6. The van der Waals surface area contributed by atoms with Crippen LogP contribution in [-0.2, 0) is 6.42 Å². The molecule has 31 heavy (non-hydrogen) atoms. The Hall–Kier alpha value is -2.99. The molecule has 0 N–H and O–H groups in total. The SMILES string of the molecule is CC1CCCN1CCCOc1ccc(-n2cc(C(=O)Cc3ccc(F)cc3)cn2)cc1. The average molecular weight is 422 g/mol. The van der Waals surface area contributed by atoms with Crippen LogP contribution in [0, 0.1) is 5.82 Å². The lowest BCUT2D eigenvalue weighted by Gasteiger charge is -2.20. The zero-order chi connectivity index (χ0) is 21.6. The molecule has 0 amide bonds. The summed E-state index contributed by atoms with van der Waals surface area (Å²) in [4.78, 5) is 15.0. The molecule has 0 spiro atoms. The van der Waals surface area contributed by atoms with Gasteiger partial charge >= 0.3 is 0 Å². The van der Waals surface area contributed by atoms with Crippen molar-refractivity contribution < 1.29 is 13.9 Å². The Morgan fingerprint density at radius 2 is 1.94 bits per heavy atom. The lowest BCUT2D eigenvalue weighted by Crippen LogP contribution is -2.28. The van der Waals surface area contributed by atoms with Gasteiger partial charge in [0.25, 0.3) is 0 Å². The van der Waals surface area contributed by atoms with Crippen LogP contribution in [0.2, 0.25) is 0 Å². The minimum absolute atomic E-state index is 0.0508. The van der Waals surface area contributed by atoms with Crippen molar-refractivity contribution in [1.29, 1.82) is 0 Å². The highest BCUT2D eigenvalue weighted by Gasteiger charge is 2.19. The fraction of sp³-hybridized carbons (Fsp3) is 0.360. The predicted octanol–water partition coefficient (Wildman–Crippen LogP) is 4.69. The standard InChI is InChI=1S/C25H28FN3O2/c1-19-4-2-13-28(19)14-3-15-31-24-11-9-23(10-12-24)29-18-21(17-27-29)25(30)16-20-5-7-22(26)8-6-20/h5-12,17-19H,2-4,13-16H2,1H3. The first-order chi connectivity index (χ1) is 15.1. The fourth-order valence-corrected chi connectivity index (χ4v) is 3.98. The molecule has 0 radical (unpaired) electrons. The molecule has 0 bridgehead atoms. The summed E-state index contributed by atoms with van der Waals surface area (Å²) in [5.74, 6) is 0.473. The third-order valence-corrected chi connectivity index (χ3v) is 5.83. The smallest absolute Gasteiger partial charge is 0.170 e. The first kappa shape index (κ1) is 21.2. The van der Waals surface area contributed by atoms with Crippen molar-refractivity contribution in [3.8, 4) is 11.4 Å². The van der Waals surface area contributed by atoms with E-state index in [1.807, 2.05) is 24.3 Å². The van der Waals surface area contributed by atoms with Gasteiger partial charge in [-0.2, -0.15) is 5.10 Å². The van der Waals surface area contributed by atoms with Gasteiger partial charge in [-0.25, -0.2) is 9.07 Å². The largest absolute Gasteiger partial charge is 0.494 e. The van der Waals surface area contributed by atoms with E-state index in [1.54, 1.807) is 29.2 Å². The third kappa shape index (κ3) is 5.58. The van der Waals surface area contributed by atoms with Crippen molar-refractivity contribution in [2.24, 2.45) is 0 Å². The highest BCUT2D eigenvalue weighted by molar-refractivity contribution is 5.97. The minimum Gasteiger partial charge on any atom is -0.494 e. The van der Waals surface area contributed by atoms with E-state index < -0.39 is 0 Å². The molecule has 1 aliphatic heterocycles. The Bertz CT molecular complexity index is 998. The molecule has 0 aliphatic carbocycles. The number of halogens is 1. The normalized spacial score (nSPS) is 16.5. The van der Waals surface area contributed by atoms with Crippen LogP contribution in [0.5, 0.6) is 5.75 Å². The molecule has 1 aromatic heterocycles. The second kappa shape index (κ2) is 9.88. The van der Waals surface area contributed by atoms with Gasteiger partial charge in [-0.15, -0.1) is 0 Å². The monoisotopic (exact) mass is 421 g/mol. The topological polar surface area (TPSA) is 47.4 Å². The van der Waals surface area contributed by atoms with Gasteiger partial charge in [0.05, 0.1) is 24.1 Å². The minimum atomic E-state index is -0.308. The maximum Gasteiger partial charge on any atom is 0.170 e. The predicted molar refractivity (Wildman–Crippen MR) is 118 cm³/mol. The number of nitrogens with zero attached hydrogens (tertiary/aromatic N) is 3. The van der Waals surface area contributed by atoms with E-state index in [-0.39, 0.29) is 18.0 Å². The number of ketones is 1. The molecule has 0 saturated carbocycles. The summed E-state index contributed by atoms with van der Waals surface area (Å²) in [5.41, 5.74) is 2.17. The Morgan fingerprint density at radius 1 is 1.16 bits per heavy atom. The number of rotatable bonds is 9. The fourth-order valence-electron chi connectivity index (χ4n) is 3.98. The lowest BCUT2D eigenvalue weighted by molar-refractivity contribution is 0.0993. The van der Waals surface area contributed by atoms with Crippen LogP contribution in [0.15, 0.2) is 60.9 Å². The van der Waals surface area contributed by atoms with Gasteiger partial charge in [0, 0.05) is 25.2 Å². The zero-order valence-electron chi connectivity index (χ0n) is 17.8. The number of benzene rings is 2. The van der Waals surface area contributed by atoms with Crippen LogP contribution < -0.4 is 4.74 Å². The summed E-state index contributed by atoms with van der Waals surface area (Å²) in [6.07, 6.45) is 7.13. The van der Waals surface area contributed by atoms with Crippen molar-refractivity contribution in [3.05, 3.63) is 77.9 Å². The van der Waals surface area contributed by atoms with Gasteiger partial charge in [-0.3, -0.25) is 4.79 Å². The van der Waals surface area contributed by atoms with Crippen molar-refractivity contribution >= 4 is 5.78 Å². The Labute approximate surface area is 182 Å². The van der Waals surface area contributed by atoms with E-state index in [9.17, 15) is 9.18 Å². The molecule has 1 aliphatic rings. The van der Waals surface area contributed by atoms with Crippen molar-refractivity contribution in [2.75, 3.05) is 19.7 Å². The summed E-state index contributed by atoms with van der Waals surface area (Å²) in [7, 11) is 0. The molecule has 6 heteroatoms. The number of carbonyl (C=O) groups is 1. The number of aromatic nitrogens is 2. The van der Waals surface area contributed by atoms with Gasteiger partial charge < -0.3 is 9.64 Å². The number of ether oxygens (including phenoxy) is 1. The van der Waals surface area contributed by atoms with E-state index in [4.69, 9.17) is 4.74 Å². The van der Waals surface area contributed by atoms with Gasteiger partial charge in [0.2, 0.25) is 0 Å². The van der Waals surface area contributed by atoms with Crippen LogP contribution in [0.1, 0.15) is 42.1 Å². The van der Waals surface area contributed by atoms with Crippen LogP contribution in [0.3, 0.4) is 0 Å². The van der Waals surface area contributed by atoms with Crippen LogP contribution in [0.4, 0.5) is 4.39 Å². The van der Waals surface area contributed by atoms with Gasteiger partial charge in [0.15, 0.2) is 5.78 Å². The number of likely N-dealkylation sites (tertiary alicyclic amines) is 1. The molecule has 1 saturated heterocycles. The molecule has 1 atom stereocenters. The highest BCUT2D eigenvalue weighted by atomic mass is 19.1. The maximum atomic E-state index is 13.0. The Morgan fingerprint density at radius 3 is 2.65 bits per heavy atom. The molecular formula is C25H28FN3O2. The quantitative estimate of drug-likeness (QED) is 0.371. The molecule has 162 valence electrons. The van der Waals surface area contributed by atoms with E-state index in [0.717, 1.165) is 30.0 Å². The number of Topliss-reactive ketones (excluding diaryl/α,β-unsaturated/α-hetero) is 1. The zero-order valence-corrected chi connectivity index (χ0v) is 17.8. The van der Waals surface area contributed by atoms with E-state index in [1.165, 1.54) is 31.5 Å². The first-order valence-electron chi connectivity index (χ1n) is 10.9. The van der Waals surface area contributed by atoms with Gasteiger partial charge in [0.1, 0.15) is 11.6 Å². The van der Waals surface area contributed by atoms with Gasteiger partial charge in [-0.05, 0) is 74.7 Å². The molecule has 1 fully saturated rings.